The van der Waals surface area contributed by atoms with Crippen molar-refractivity contribution in [2.45, 2.75) is 85.0 Å². The number of benzene rings is 3. The van der Waals surface area contributed by atoms with Crippen LogP contribution in [0.1, 0.15) is 70.7 Å². The van der Waals surface area contributed by atoms with Crippen LogP contribution < -0.4 is 19.7 Å². The van der Waals surface area contributed by atoms with Crippen LogP contribution in [0.25, 0.3) is 0 Å². The molecule has 46 heavy (non-hydrogen) atoms. The Hall–Kier alpha value is -2.37. The van der Waals surface area contributed by atoms with E-state index in [0.717, 1.165) is 5.75 Å². The maximum atomic E-state index is 6.50. The van der Waals surface area contributed by atoms with Crippen LogP contribution in [-0.2, 0) is 35.2 Å². The van der Waals surface area contributed by atoms with Crippen molar-refractivity contribution < 1.29 is 26.2 Å². The van der Waals surface area contributed by atoms with Crippen LogP contribution in [0.4, 0.5) is 11.4 Å². The third-order valence-electron chi connectivity index (χ3n) is 11.3. The van der Waals surface area contributed by atoms with Gasteiger partial charge in [0.1, 0.15) is 0 Å². The van der Waals surface area contributed by atoms with Crippen LogP contribution in [0.5, 0.6) is 5.75 Å². The molecule has 0 atom stereocenters. The summed E-state index contributed by atoms with van der Waals surface area (Å²) in [6.45, 7) is 24.4. The standard InChI is InChI=1S/C23H35OSi.2C9H12N.Sc/c1-14-12-19(23(6,7)8)21(24-9)20(13-14)25(10,11)22-17(4)15(2)16(3)18(22)5;2*1-8-6-4-5-7-9(8)10(2)3;/h12-13H,1-11H3;2*4-7H,1H2,2-3H3;. The molecule has 0 aromatic heterocycles. The third-order valence-corrected chi connectivity index (χ3v) is 26.9. The Labute approximate surface area is 290 Å². The predicted molar refractivity (Wildman–Crippen MR) is 202 cm³/mol. The quantitative estimate of drug-likeness (QED) is 0.200. The summed E-state index contributed by atoms with van der Waals surface area (Å²) >= 11 is -2.50. The molecule has 0 saturated carbocycles. The summed E-state index contributed by atoms with van der Waals surface area (Å²) in [5.74, 6) is 1.13. The number of rotatable bonds is 10. The molecule has 5 heteroatoms. The van der Waals surface area contributed by atoms with Crippen molar-refractivity contribution in [2.24, 2.45) is 0 Å². The summed E-state index contributed by atoms with van der Waals surface area (Å²) in [5.41, 5.74) is 14.6. The van der Waals surface area contributed by atoms with Gasteiger partial charge in [-0.2, -0.15) is 0 Å². The zero-order chi connectivity index (χ0) is 34.4. The number of nitrogens with zero attached hydrogens (tertiary/aromatic N) is 2. The van der Waals surface area contributed by atoms with Gasteiger partial charge in [-0.15, -0.1) is 0 Å². The van der Waals surface area contributed by atoms with E-state index < -0.39 is 29.5 Å². The first kappa shape index (κ1) is 36.5. The van der Waals surface area contributed by atoms with Crippen molar-refractivity contribution in [1.29, 1.82) is 0 Å². The summed E-state index contributed by atoms with van der Waals surface area (Å²) in [5, 5.41) is 1.48. The van der Waals surface area contributed by atoms with E-state index in [4.69, 9.17) is 4.74 Å². The van der Waals surface area contributed by atoms with E-state index in [1.165, 1.54) is 58.3 Å². The van der Waals surface area contributed by atoms with Crippen molar-refractivity contribution in [1.82, 2.24) is 0 Å². The number of para-hydroxylation sites is 2. The fourth-order valence-corrected chi connectivity index (χ4v) is 26.8. The first-order valence-electron chi connectivity index (χ1n) is 17.0. The molecule has 246 valence electrons. The average Bonchev–Trinajstić information content (AvgIpc) is 3.16. The van der Waals surface area contributed by atoms with Crippen molar-refractivity contribution >= 4 is 24.6 Å². The Balaban J connectivity index is 2.14. The van der Waals surface area contributed by atoms with Gasteiger partial charge in [0.25, 0.3) is 0 Å². The van der Waals surface area contributed by atoms with Crippen molar-refractivity contribution in [3.8, 4) is 5.75 Å². The number of aryl methyl sites for hydroxylation is 1. The molecule has 1 aliphatic rings. The summed E-state index contributed by atoms with van der Waals surface area (Å²) < 4.78 is 8.91. The Kier molecular flexibility index (Phi) is 10.8. The zero-order valence-electron chi connectivity index (χ0n) is 31.6. The molecule has 0 amide bonds. The molecule has 0 spiro atoms. The molecule has 0 N–H and O–H groups in total. The monoisotopic (exact) mass is 668 g/mol. The van der Waals surface area contributed by atoms with Gasteiger partial charge in [0, 0.05) is 0 Å². The van der Waals surface area contributed by atoms with Gasteiger partial charge in [-0.3, -0.25) is 0 Å². The third kappa shape index (κ3) is 6.28. The Morgan fingerprint density at radius 2 is 1.15 bits per heavy atom. The van der Waals surface area contributed by atoms with Gasteiger partial charge < -0.3 is 0 Å². The fraction of sp³-hybridized carbons (Fsp3) is 0.463. The van der Waals surface area contributed by atoms with Crippen LogP contribution in [0.2, 0.25) is 15.9 Å². The molecule has 0 fully saturated rings. The van der Waals surface area contributed by atoms with Crippen LogP contribution in [0.15, 0.2) is 83.0 Å². The number of ether oxygens (including phenoxy) is 1. The average molecular weight is 669 g/mol. The van der Waals surface area contributed by atoms with Crippen LogP contribution >= 0.6 is 0 Å². The Morgan fingerprint density at radius 1 is 0.717 bits per heavy atom. The molecule has 0 aliphatic heterocycles. The van der Waals surface area contributed by atoms with Gasteiger partial charge in [-0.25, -0.2) is 0 Å². The summed E-state index contributed by atoms with van der Waals surface area (Å²) in [4.78, 5) is 4.63. The molecule has 0 bridgehead atoms. The van der Waals surface area contributed by atoms with E-state index >= 15 is 0 Å². The van der Waals surface area contributed by atoms with E-state index in [1.54, 1.807) is 11.1 Å². The SMILES string of the molecule is COc1c(C(C)(C)C)cc(C)cc1[Si](C)(C)[C]1([Sc]([CH2]c2ccccc2N(C)C)[CH2]c2ccccc2N(C)C)C(C)=C(C)C(C)=C1C. The molecular weight excluding hydrogens is 610 g/mol. The van der Waals surface area contributed by atoms with Gasteiger partial charge in [0.2, 0.25) is 0 Å². The van der Waals surface area contributed by atoms with E-state index in [9.17, 15) is 0 Å². The summed E-state index contributed by atoms with van der Waals surface area (Å²) in [7, 11) is 8.33. The van der Waals surface area contributed by atoms with Gasteiger partial charge in [0.05, 0.1) is 0 Å². The van der Waals surface area contributed by atoms with Gasteiger partial charge in [-0.1, -0.05) is 0 Å². The number of hydrogen-bond donors (Lipinski definition) is 0. The second-order valence-corrected chi connectivity index (χ2v) is 26.0. The number of methoxy groups -OCH3 is 1. The van der Waals surface area contributed by atoms with Crippen molar-refractivity contribution in [3.05, 3.63) is 105 Å². The second kappa shape index (κ2) is 13.6. The van der Waals surface area contributed by atoms with Gasteiger partial charge in [-0.05, 0) is 0 Å². The summed E-state index contributed by atoms with van der Waals surface area (Å²) in [6, 6.07) is 23.2. The summed E-state index contributed by atoms with van der Waals surface area (Å²) in [6.07, 6.45) is 0. The van der Waals surface area contributed by atoms with Crippen molar-refractivity contribution in [3.63, 3.8) is 0 Å². The molecule has 1 aliphatic carbocycles. The van der Waals surface area contributed by atoms with Crippen molar-refractivity contribution in [2.75, 3.05) is 45.1 Å². The van der Waals surface area contributed by atoms with Gasteiger partial charge in [0.15, 0.2) is 0 Å². The topological polar surface area (TPSA) is 15.7 Å². The van der Waals surface area contributed by atoms with Crippen LogP contribution in [0, 0.1) is 6.92 Å². The molecule has 0 heterocycles. The molecule has 0 saturated heterocycles. The zero-order valence-corrected chi connectivity index (χ0v) is 34.4. The van der Waals surface area contributed by atoms with E-state index in [-0.39, 0.29) is 8.21 Å². The van der Waals surface area contributed by atoms with E-state index in [0.29, 0.717) is 0 Å². The second-order valence-electron chi connectivity index (χ2n) is 15.7. The Bertz CT molecular complexity index is 1580. The molecule has 0 unspecified atom stereocenters. The number of anilines is 2. The van der Waals surface area contributed by atoms with Crippen LogP contribution in [-0.4, -0.2) is 43.4 Å². The molecule has 0 radical (unpaired) electrons. The molecular formula is C41H59N2OScSi. The maximum absolute atomic E-state index is 6.50. The predicted octanol–water partition coefficient (Wildman–Crippen LogP) is 9.75. The minimum atomic E-state index is -2.50. The Morgan fingerprint density at radius 3 is 1.54 bits per heavy atom. The normalized spacial score (nSPS) is 15.0. The van der Waals surface area contributed by atoms with Gasteiger partial charge >= 0.3 is 292 Å². The first-order chi connectivity index (χ1) is 21.4. The first-order valence-corrected chi connectivity index (χ1v) is 23.4. The van der Waals surface area contributed by atoms with Crippen LogP contribution in [0.3, 0.4) is 0 Å². The molecule has 4 rings (SSSR count). The number of allylic oxidation sites excluding steroid dienone is 4. The number of hydrogen-bond acceptors (Lipinski definition) is 3. The van der Waals surface area contributed by atoms with E-state index in [1.807, 2.05) is 7.11 Å². The van der Waals surface area contributed by atoms with E-state index in [2.05, 4.69) is 167 Å². The molecule has 3 nitrogen and oxygen atoms in total. The minimum absolute atomic E-state index is 0.0167. The molecule has 3 aromatic rings. The fourth-order valence-electron chi connectivity index (χ4n) is 8.87. The molecule has 3 aromatic carbocycles.